The maximum absolute atomic E-state index is 9.71. The summed E-state index contributed by atoms with van der Waals surface area (Å²) >= 11 is 5.63. The van der Waals surface area contributed by atoms with E-state index in [9.17, 15) is 5.11 Å². The second kappa shape index (κ2) is 7.51. The first-order valence-electron chi connectivity index (χ1n) is 8.41. The Morgan fingerprint density at radius 2 is 1.88 bits per heavy atom. The lowest BCUT2D eigenvalue weighted by Gasteiger charge is -2.33. The molecule has 0 radical (unpaired) electrons. The Labute approximate surface area is 148 Å². The molecule has 24 heavy (non-hydrogen) atoms. The van der Waals surface area contributed by atoms with Crippen molar-refractivity contribution in [3.8, 4) is 11.4 Å². The van der Waals surface area contributed by atoms with Crippen LogP contribution in [0.3, 0.4) is 0 Å². The van der Waals surface area contributed by atoms with Crippen LogP contribution >= 0.6 is 12.2 Å². The molecule has 1 unspecified atom stereocenters. The Hall–Kier alpha value is -1.63. The highest BCUT2D eigenvalue weighted by atomic mass is 32.1. The number of aromatic nitrogens is 2. The zero-order valence-corrected chi connectivity index (χ0v) is 15.1. The molecule has 0 spiro atoms. The second-order valence-electron chi connectivity index (χ2n) is 6.46. The highest BCUT2D eigenvalue weighted by Gasteiger charge is 2.22. The SMILES string of the molecule is COc1ccc(-n2ccn(CN3CCC(C(C)O)CC3)c2=S)cc1. The maximum atomic E-state index is 9.71. The summed E-state index contributed by atoms with van der Waals surface area (Å²) < 4.78 is 10.1. The second-order valence-corrected chi connectivity index (χ2v) is 6.82. The van der Waals surface area contributed by atoms with Gasteiger partial charge in [0.05, 0.1) is 19.9 Å². The molecule has 5 nitrogen and oxygen atoms in total. The van der Waals surface area contributed by atoms with Crippen molar-refractivity contribution in [2.75, 3.05) is 20.2 Å². The molecule has 1 fully saturated rings. The highest BCUT2D eigenvalue weighted by Crippen LogP contribution is 2.21. The van der Waals surface area contributed by atoms with Gasteiger partial charge in [-0.05, 0) is 62.2 Å². The van der Waals surface area contributed by atoms with Gasteiger partial charge in [-0.15, -0.1) is 0 Å². The molecule has 0 saturated carbocycles. The van der Waals surface area contributed by atoms with Crippen molar-refractivity contribution in [1.82, 2.24) is 14.0 Å². The summed E-state index contributed by atoms with van der Waals surface area (Å²) in [5.74, 6) is 1.27. The van der Waals surface area contributed by atoms with Crippen LogP contribution in [-0.2, 0) is 6.67 Å². The number of methoxy groups -OCH3 is 1. The molecule has 6 heteroatoms. The van der Waals surface area contributed by atoms with E-state index in [2.05, 4.69) is 9.47 Å². The van der Waals surface area contributed by atoms with Crippen LogP contribution in [-0.4, -0.2) is 45.4 Å². The van der Waals surface area contributed by atoms with E-state index in [1.54, 1.807) is 7.11 Å². The first-order chi connectivity index (χ1) is 11.6. The van der Waals surface area contributed by atoms with Crippen LogP contribution in [0.1, 0.15) is 19.8 Å². The summed E-state index contributed by atoms with van der Waals surface area (Å²) in [4.78, 5) is 2.40. The quantitative estimate of drug-likeness (QED) is 0.844. The summed E-state index contributed by atoms with van der Waals surface area (Å²) in [6, 6.07) is 7.89. The lowest BCUT2D eigenvalue weighted by molar-refractivity contribution is 0.0611. The van der Waals surface area contributed by atoms with E-state index in [4.69, 9.17) is 17.0 Å². The Kier molecular flexibility index (Phi) is 5.38. The van der Waals surface area contributed by atoms with Gasteiger partial charge in [-0.2, -0.15) is 0 Å². The number of hydrogen-bond donors (Lipinski definition) is 1. The van der Waals surface area contributed by atoms with Crippen LogP contribution in [0.25, 0.3) is 5.69 Å². The minimum absolute atomic E-state index is 0.203. The van der Waals surface area contributed by atoms with E-state index in [1.807, 2.05) is 48.1 Å². The number of nitrogens with zero attached hydrogens (tertiary/aromatic N) is 3. The number of rotatable bonds is 5. The molecule has 1 atom stereocenters. The van der Waals surface area contributed by atoms with Crippen LogP contribution in [0, 0.1) is 10.7 Å². The fourth-order valence-corrected chi connectivity index (χ4v) is 3.54. The molecule has 1 aromatic carbocycles. The predicted molar refractivity (Wildman–Crippen MR) is 97.1 cm³/mol. The van der Waals surface area contributed by atoms with Crippen LogP contribution in [0.15, 0.2) is 36.7 Å². The van der Waals surface area contributed by atoms with Gasteiger partial charge in [0.15, 0.2) is 4.77 Å². The fraction of sp³-hybridized carbons (Fsp3) is 0.500. The summed E-state index contributed by atoms with van der Waals surface area (Å²) in [6.07, 6.45) is 5.93. The Bertz CT molecular complexity index is 713. The van der Waals surface area contributed by atoms with Crippen LogP contribution in [0.4, 0.5) is 0 Å². The molecule has 1 aliphatic rings. The van der Waals surface area contributed by atoms with Crippen molar-refractivity contribution in [2.24, 2.45) is 5.92 Å². The molecule has 2 aromatic rings. The van der Waals surface area contributed by atoms with Crippen molar-refractivity contribution in [1.29, 1.82) is 0 Å². The van der Waals surface area contributed by atoms with Gasteiger partial charge >= 0.3 is 0 Å². The molecule has 1 saturated heterocycles. The molecule has 2 heterocycles. The molecule has 1 aliphatic heterocycles. The molecular weight excluding hydrogens is 322 g/mol. The molecule has 0 bridgehead atoms. The molecule has 1 aromatic heterocycles. The van der Waals surface area contributed by atoms with Gasteiger partial charge in [-0.25, -0.2) is 0 Å². The third-order valence-electron chi connectivity index (χ3n) is 4.86. The van der Waals surface area contributed by atoms with E-state index in [0.717, 1.165) is 48.8 Å². The van der Waals surface area contributed by atoms with E-state index < -0.39 is 0 Å². The van der Waals surface area contributed by atoms with Gasteiger partial charge < -0.3 is 14.4 Å². The predicted octanol–water partition coefficient (Wildman–Crippen LogP) is 3.07. The normalized spacial score (nSPS) is 17.8. The topological polar surface area (TPSA) is 42.6 Å². The first-order valence-corrected chi connectivity index (χ1v) is 8.82. The Morgan fingerprint density at radius 3 is 2.46 bits per heavy atom. The van der Waals surface area contributed by atoms with Gasteiger partial charge in [-0.1, -0.05) is 0 Å². The van der Waals surface area contributed by atoms with Crippen molar-refractivity contribution < 1.29 is 9.84 Å². The molecular formula is C18H25N3O2S. The monoisotopic (exact) mass is 347 g/mol. The van der Waals surface area contributed by atoms with Crippen molar-refractivity contribution in [3.05, 3.63) is 41.4 Å². The van der Waals surface area contributed by atoms with Crippen molar-refractivity contribution >= 4 is 12.2 Å². The Morgan fingerprint density at radius 1 is 1.21 bits per heavy atom. The highest BCUT2D eigenvalue weighted by molar-refractivity contribution is 7.71. The minimum Gasteiger partial charge on any atom is -0.497 e. The number of aliphatic hydroxyl groups is 1. The lowest BCUT2D eigenvalue weighted by Crippen LogP contribution is -2.37. The van der Waals surface area contributed by atoms with Crippen molar-refractivity contribution in [2.45, 2.75) is 32.5 Å². The van der Waals surface area contributed by atoms with E-state index in [0.29, 0.717) is 5.92 Å². The molecule has 130 valence electrons. The maximum Gasteiger partial charge on any atom is 0.185 e. The largest absolute Gasteiger partial charge is 0.497 e. The van der Waals surface area contributed by atoms with Gasteiger partial charge in [0.2, 0.25) is 0 Å². The van der Waals surface area contributed by atoms with Crippen LogP contribution < -0.4 is 4.74 Å². The molecule has 3 rings (SSSR count). The smallest absolute Gasteiger partial charge is 0.185 e. The number of imidazole rings is 1. The van der Waals surface area contributed by atoms with Gasteiger partial charge in [0.25, 0.3) is 0 Å². The Balaban J connectivity index is 1.68. The number of benzene rings is 1. The third kappa shape index (κ3) is 3.71. The third-order valence-corrected chi connectivity index (χ3v) is 5.30. The fourth-order valence-electron chi connectivity index (χ4n) is 3.25. The molecule has 1 N–H and O–H groups in total. The van der Waals surface area contributed by atoms with Gasteiger partial charge in [-0.3, -0.25) is 9.47 Å². The van der Waals surface area contributed by atoms with Crippen LogP contribution in [0.5, 0.6) is 5.75 Å². The average Bonchev–Trinajstić information content (AvgIpc) is 2.96. The zero-order chi connectivity index (χ0) is 17.1. The number of aliphatic hydroxyl groups excluding tert-OH is 1. The lowest BCUT2D eigenvalue weighted by atomic mass is 9.92. The standard InChI is InChI=1S/C18H25N3O2S/c1-14(22)15-7-9-19(10-8-15)13-20-11-12-21(18(20)24)16-3-5-17(23-2)6-4-16/h3-6,11-12,14-15,22H,7-10,13H2,1-2H3. The van der Waals surface area contributed by atoms with E-state index in [1.165, 1.54) is 0 Å². The van der Waals surface area contributed by atoms with Crippen molar-refractivity contribution in [3.63, 3.8) is 0 Å². The summed E-state index contributed by atoms with van der Waals surface area (Å²) in [5, 5.41) is 9.71. The van der Waals surface area contributed by atoms with Crippen LogP contribution in [0.2, 0.25) is 0 Å². The number of hydrogen-bond acceptors (Lipinski definition) is 4. The summed E-state index contributed by atoms with van der Waals surface area (Å²) in [7, 11) is 1.66. The summed E-state index contributed by atoms with van der Waals surface area (Å²) in [5.41, 5.74) is 1.03. The van der Waals surface area contributed by atoms with E-state index >= 15 is 0 Å². The molecule has 0 amide bonds. The van der Waals surface area contributed by atoms with Gasteiger partial charge in [0.1, 0.15) is 5.75 Å². The van der Waals surface area contributed by atoms with E-state index in [-0.39, 0.29) is 6.10 Å². The molecule has 0 aliphatic carbocycles. The van der Waals surface area contributed by atoms with Gasteiger partial charge in [0, 0.05) is 31.2 Å². The number of ether oxygens (including phenoxy) is 1. The number of piperidine rings is 1. The average molecular weight is 347 g/mol. The zero-order valence-electron chi connectivity index (χ0n) is 14.3. The number of likely N-dealkylation sites (tertiary alicyclic amines) is 1. The minimum atomic E-state index is -0.203. The first kappa shape index (κ1) is 17.2. The summed E-state index contributed by atoms with van der Waals surface area (Å²) in [6.45, 7) is 4.70.